The molecule has 3 rings (SSSR count). The second kappa shape index (κ2) is 5.53. The lowest BCUT2D eigenvalue weighted by atomic mass is 9.84. The molecular formula is C17H27BN2O2. The Morgan fingerprint density at radius 1 is 1.14 bits per heavy atom. The van der Waals surface area contributed by atoms with Crippen LogP contribution in [0.3, 0.4) is 0 Å². The molecule has 2 aliphatic rings. The third-order valence-corrected chi connectivity index (χ3v) is 5.35. The standard InChI is InChI=1S/C17H27BN2O2/c1-13-9-6-7-12-20(13)15-11-8-10-14(19-15)18-21-16(2,3)17(4,5)22-18/h8,10-11,13H,6-7,9,12H2,1-5H3/t13-/m1/s1. The summed E-state index contributed by atoms with van der Waals surface area (Å²) >= 11 is 0. The molecule has 1 aromatic heterocycles. The van der Waals surface area contributed by atoms with Crippen LogP contribution in [0.1, 0.15) is 53.9 Å². The zero-order valence-corrected chi connectivity index (χ0v) is 14.4. The van der Waals surface area contributed by atoms with Gasteiger partial charge >= 0.3 is 7.12 Å². The minimum absolute atomic E-state index is 0.326. The highest BCUT2D eigenvalue weighted by Crippen LogP contribution is 2.36. The van der Waals surface area contributed by atoms with Gasteiger partial charge in [0.05, 0.1) is 16.8 Å². The Hall–Kier alpha value is -1.07. The minimum Gasteiger partial charge on any atom is -0.398 e. The molecule has 0 unspecified atom stereocenters. The van der Waals surface area contributed by atoms with Gasteiger partial charge in [-0.2, -0.15) is 0 Å². The van der Waals surface area contributed by atoms with Crippen molar-refractivity contribution in [3.8, 4) is 0 Å². The first-order valence-corrected chi connectivity index (χ1v) is 8.39. The summed E-state index contributed by atoms with van der Waals surface area (Å²) in [6.45, 7) is 11.7. The second-order valence-electron chi connectivity index (χ2n) is 7.55. The normalized spacial score (nSPS) is 27.2. The fourth-order valence-corrected chi connectivity index (χ4v) is 3.13. The number of piperidine rings is 1. The molecule has 4 nitrogen and oxygen atoms in total. The van der Waals surface area contributed by atoms with Crippen molar-refractivity contribution in [1.82, 2.24) is 4.98 Å². The maximum atomic E-state index is 6.12. The van der Waals surface area contributed by atoms with Gasteiger partial charge in [0.25, 0.3) is 0 Å². The zero-order chi connectivity index (χ0) is 16.0. The van der Waals surface area contributed by atoms with Gasteiger partial charge < -0.3 is 14.2 Å². The van der Waals surface area contributed by atoms with E-state index in [0.717, 1.165) is 18.0 Å². The van der Waals surface area contributed by atoms with Crippen LogP contribution in [0.15, 0.2) is 18.2 Å². The molecule has 0 amide bonds. The van der Waals surface area contributed by atoms with Crippen LogP contribution in [0.4, 0.5) is 5.82 Å². The van der Waals surface area contributed by atoms with Crippen molar-refractivity contribution >= 4 is 18.5 Å². The fourth-order valence-electron chi connectivity index (χ4n) is 3.13. The van der Waals surface area contributed by atoms with Crippen LogP contribution in [0.2, 0.25) is 0 Å². The summed E-state index contributed by atoms with van der Waals surface area (Å²) in [5, 5.41) is 0. The molecule has 0 radical (unpaired) electrons. The van der Waals surface area contributed by atoms with Crippen LogP contribution in [0, 0.1) is 0 Å². The molecule has 120 valence electrons. The lowest BCUT2D eigenvalue weighted by molar-refractivity contribution is 0.00578. The zero-order valence-electron chi connectivity index (χ0n) is 14.4. The van der Waals surface area contributed by atoms with E-state index >= 15 is 0 Å². The Labute approximate surface area is 134 Å². The molecule has 1 atom stereocenters. The highest BCUT2D eigenvalue weighted by molar-refractivity contribution is 6.61. The molecule has 2 aliphatic heterocycles. The Bertz CT molecular complexity index is 531. The van der Waals surface area contributed by atoms with E-state index in [1.807, 2.05) is 6.07 Å². The lowest BCUT2D eigenvalue weighted by Crippen LogP contribution is -2.41. The average Bonchev–Trinajstić information content (AvgIpc) is 2.68. The first kappa shape index (κ1) is 15.8. The van der Waals surface area contributed by atoms with Crippen LogP contribution in [-0.2, 0) is 9.31 Å². The molecule has 22 heavy (non-hydrogen) atoms. The summed E-state index contributed by atoms with van der Waals surface area (Å²) in [4.78, 5) is 7.24. The summed E-state index contributed by atoms with van der Waals surface area (Å²) in [6, 6.07) is 6.70. The Morgan fingerprint density at radius 3 is 2.45 bits per heavy atom. The van der Waals surface area contributed by atoms with E-state index in [1.165, 1.54) is 19.3 Å². The van der Waals surface area contributed by atoms with Gasteiger partial charge in [-0.15, -0.1) is 0 Å². The maximum absolute atomic E-state index is 6.12. The number of nitrogens with zero attached hydrogens (tertiary/aromatic N) is 2. The Balaban J connectivity index is 1.83. The first-order valence-electron chi connectivity index (χ1n) is 8.39. The number of rotatable bonds is 2. The van der Waals surface area contributed by atoms with Gasteiger partial charge in [0.2, 0.25) is 0 Å². The van der Waals surface area contributed by atoms with Gasteiger partial charge in [-0.05, 0) is 66.0 Å². The average molecular weight is 302 g/mol. The van der Waals surface area contributed by atoms with E-state index < -0.39 is 0 Å². The molecule has 0 saturated carbocycles. The summed E-state index contributed by atoms with van der Waals surface area (Å²) in [5.74, 6) is 1.04. The van der Waals surface area contributed by atoms with E-state index in [0.29, 0.717) is 6.04 Å². The van der Waals surface area contributed by atoms with Crippen molar-refractivity contribution in [2.75, 3.05) is 11.4 Å². The highest BCUT2D eigenvalue weighted by atomic mass is 16.7. The third-order valence-electron chi connectivity index (χ3n) is 5.35. The molecule has 2 fully saturated rings. The Kier molecular flexibility index (Phi) is 3.98. The van der Waals surface area contributed by atoms with Crippen LogP contribution in [0.25, 0.3) is 0 Å². The van der Waals surface area contributed by atoms with Crippen molar-refractivity contribution in [1.29, 1.82) is 0 Å². The van der Waals surface area contributed by atoms with Crippen LogP contribution >= 0.6 is 0 Å². The molecule has 3 heterocycles. The molecule has 0 N–H and O–H groups in total. The lowest BCUT2D eigenvalue weighted by Gasteiger charge is -2.34. The molecule has 5 heteroatoms. The Morgan fingerprint density at radius 2 is 1.82 bits per heavy atom. The van der Waals surface area contributed by atoms with Crippen molar-refractivity contribution in [2.45, 2.75) is 71.1 Å². The molecule has 2 saturated heterocycles. The van der Waals surface area contributed by atoms with E-state index in [9.17, 15) is 0 Å². The van der Waals surface area contributed by atoms with Gasteiger partial charge in [-0.3, -0.25) is 0 Å². The van der Waals surface area contributed by atoms with Crippen molar-refractivity contribution < 1.29 is 9.31 Å². The summed E-state index contributed by atoms with van der Waals surface area (Å²) < 4.78 is 12.2. The third kappa shape index (κ3) is 2.76. The van der Waals surface area contributed by atoms with Crippen LogP contribution < -0.4 is 10.5 Å². The summed E-state index contributed by atoms with van der Waals surface area (Å²) in [6.07, 6.45) is 3.80. The van der Waals surface area contributed by atoms with Gasteiger partial charge in [-0.25, -0.2) is 4.98 Å². The number of hydrogen-bond acceptors (Lipinski definition) is 4. The van der Waals surface area contributed by atoms with E-state index in [4.69, 9.17) is 14.3 Å². The van der Waals surface area contributed by atoms with E-state index in [2.05, 4.69) is 51.7 Å². The fraction of sp³-hybridized carbons (Fsp3) is 0.706. The van der Waals surface area contributed by atoms with Gasteiger partial charge in [0.1, 0.15) is 5.82 Å². The van der Waals surface area contributed by atoms with Gasteiger partial charge in [-0.1, -0.05) is 6.07 Å². The quantitative estimate of drug-likeness (QED) is 0.787. The maximum Gasteiger partial charge on any atom is 0.514 e. The first-order chi connectivity index (χ1) is 10.3. The van der Waals surface area contributed by atoms with E-state index in [-0.39, 0.29) is 18.3 Å². The van der Waals surface area contributed by atoms with E-state index in [1.54, 1.807) is 0 Å². The molecule has 0 aromatic carbocycles. The topological polar surface area (TPSA) is 34.6 Å². The highest BCUT2D eigenvalue weighted by Gasteiger charge is 2.52. The number of hydrogen-bond donors (Lipinski definition) is 0. The minimum atomic E-state index is -0.384. The van der Waals surface area contributed by atoms with Crippen molar-refractivity contribution in [3.63, 3.8) is 0 Å². The summed E-state index contributed by atoms with van der Waals surface area (Å²) in [7, 11) is -0.384. The molecule has 0 aliphatic carbocycles. The number of pyridine rings is 1. The second-order valence-corrected chi connectivity index (χ2v) is 7.55. The molecule has 1 aromatic rings. The van der Waals surface area contributed by atoms with Crippen molar-refractivity contribution in [3.05, 3.63) is 18.2 Å². The molecule has 0 bridgehead atoms. The monoisotopic (exact) mass is 302 g/mol. The van der Waals surface area contributed by atoms with Crippen molar-refractivity contribution in [2.24, 2.45) is 0 Å². The smallest absolute Gasteiger partial charge is 0.398 e. The predicted molar refractivity (Wildman–Crippen MR) is 90.6 cm³/mol. The summed E-state index contributed by atoms with van der Waals surface area (Å²) in [5.41, 5.74) is 0.218. The molecular weight excluding hydrogens is 275 g/mol. The van der Waals surface area contributed by atoms with Crippen LogP contribution in [-0.4, -0.2) is 35.9 Å². The molecule has 0 spiro atoms. The van der Waals surface area contributed by atoms with Gasteiger partial charge in [0.15, 0.2) is 0 Å². The van der Waals surface area contributed by atoms with Crippen LogP contribution in [0.5, 0.6) is 0 Å². The predicted octanol–water partition coefficient (Wildman–Crippen LogP) is 2.76. The number of aromatic nitrogens is 1. The largest absolute Gasteiger partial charge is 0.514 e. The SMILES string of the molecule is C[C@@H]1CCCCN1c1cccc(B2OC(C)(C)C(C)(C)O2)n1. The van der Waals surface area contributed by atoms with Gasteiger partial charge in [0, 0.05) is 12.6 Å². The number of anilines is 1.